The number of para-hydroxylation sites is 1. The molecule has 1 aliphatic heterocycles. The number of rotatable bonds is 3. The zero-order valence-corrected chi connectivity index (χ0v) is 14.0. The number of carbonyl (C=O) groups is 1. The molecule has 1 amide bonds. The SMILES string of the molecule is CC1=NNC(=O)C1C(c1ccccc1)c1c(O)c2ccccc2oc1=O. The highest BCUT2D eigenvalue weighted by Crippen LogP contribution is 2.39. The molecule has 2 atom stereocenters. The molecule has 26 heavy (non-hydrogen) atoms. The average Bonchev–Trinajstić information content (AvgIpc) is 2.98. The number of nitrogens with one attached hydrogen (secondary N) is 1. The third-order valence-corrected chi connectivity index (χ3v) is 4.70. The summed E-state index contributed by atoms with van der Waals surface area (Å²) < 4.78 is 5.42. The van der Waals surface area contributed by atoms with Gasteiger partial charge in [0.15, 0.2) is 0 Å². The molecule has 6 heteroatoms. The van der Waals surface area contributed by atoms with Gasteiger partial charge in [-0.1, -0.05) is 42.5 Å². The van der Waals surface area contributed by atoms with E-state index < -0.39 is 17.5 Å². The maximum atomic E-state index is 12.7. The molecule has 0 spiro atoms. The molecule has 1 aliphatic rings. The third kappa shape index (κ3) is 2.47. The average molecular weight is 348 g/mol. The number of nitrogens with zero attached hydrogens (tertiary/aromatic N) is 1. The van der Waals surface area contributed by atoms with Gasteiger partial charge in [-0.05, 0) is 24.6 Å². The van der Waals surface area contributed by atoms with Crippen LogP contribution in [0, 0.1) is 5.92 Å². The van der Waals surface area contributed by atoms with Crippen LogP contribution in [0.3, 0.4) is 0 Å². The fourth-order valence-corrected chi connectivity index (χ4v) is 3.47. The topological polar surface area (TPSA) is 91.9 Å². The summed E-state index contributed by atoms with van der Waals surface area (Å²) in [5.74, 6) is -1.89. The highest BCUT2D eigenvalue weighted by Gasteiger charge is 2.40. The maximum absolute atomic E-state index is 12.7. The molecule has 2 N–H and O–H groups in total. The Balaban J connectivity index is 2.02. The Morgan fingerprint density at radius 2 is 1.77 bits per heavy atom. The van der Waals surface area contributed by atoms with Crippen molar-refractivity contribution >= 4 is 22.6 Å². The van der Waals surface area contributed by atoms with Gasteiger partial charge in [-0.2, -0.15) is 5.10 Å². The molecule has 3 aromatic rings. The first kappa shape index (κ1) is 16.1. The number of hydrogen-bond donors (Lipinski definition) is 2. The number of aromatic hydroxyl groups is 1. The van der Waals surface area contributed by atoms with Gasteiger partial charge in [-0.25, -0.2) is 10.2 Å². The highest BCUT2D eigenvalue weighted by atomic mass is 16.4. The van der Waals surface area contributed by atoms with Crippen LogP contribution in [-0.4, -0.2) is 16.7 Å². The predicted molar refractivity (Wildman–Crippen MR) is 97.2 cm³/mol. The largest absolute Gasteiger partial charge is 0.507 e. The Labute approximate surface area is 148 Å². The van der Waals surface area contributed by atoms with Gasteiger partial charge in [-0.15, -0.1) is 0 Å². The minimum Gasteiger partial charge on any atom is -0.507 e. The molecule has 2 aromatic carbocycles. The molecule has 2 unspecified atom stereocenters. The van der Waals surface area contributed by atoms with E-state index in [4.69, 9.17) is 4.42 Å². The van der Waals surface area contributed by atoms with Gasteiger partial charge < -0.3 is 9.52 Å². The van der Waals surface area contributed by atoms with Crippen LogP contribution in [0.4, 0.5) is 0 Å². The van der Waals surface area contributed by atoms with Gasteiger partial charge in [-0.3, -0.25) is 4.79 Å². The van der Waals surface area contributed by atoms with E-state index in [2.05, 4.69) is 10.5 Å². The molecule has 1 aromatic heterocycles. The van der Waals surface area contributed by atoms with Crippen LogP contribution in [0.25, 0.3) is 11.0 Å². The maximum Gasteiger partial charge on any atom is 0.343 e. The number of carbonyl (C=O) groups excluding carboxylic acids is 1. The van der Waals surface area contributed by atoms with E-state index >= 15 is 0 Å². The summed E-state index contributed by atoms with van der Waals surface area (Å²) in [6.07, 6.45) is 0. The zero-order chi connectivity index (χ0) is 18.3. The molecule has 6 nitrogen and oxygen atoms in total. The number of fused-ring (bicyclic) bond motifs is 1. The van der Waals surface area contributed by atoms with E-state index in [1.54, 1.807) is 31.2 Å². The predicted octanol–water partition coefficient (Wildman–Crippen LogP) is 2.75. The molecule has 0 radical (unpaired) electrons. The molecular formula is C20H16N2O4. The first-order valence-corrected chi connectivity index (χ1v) is 8.21. The van der Waals surface area contributed by atoms with Crippen LogP contribution < -0.4 is 11.1 Å². The fourth-order valence-electron chi connectivity index (χ4n) is 3.47. The van der Waals surface area contributed by atoms with Gasteiger partial charge in [0.1, 0.15) is 11.3 Å². The molecule has 0 fully saturated rings. The van der Waals surface area contributed by atoms with Crippen molar-refractivity contribution in [1.29, 1.82) is 0 Å². The van der Waals surface area contributed by atoms with Gasteiger partial charge in [0, 0.05) is 11.6 Å². The monoisotopic (exact) mass is 348 g/mol. The molecule has 0 saturated carbocycles. The Morgan fingerprint density at radius 1 is 1.08 bits per heavy atom. The Hall–Kier alpha value is -3.41. The van der Waals surface area contributed by atoms with Crippen molar-refractivity contribution in [2.45, 2.75) is 12.8 Å². The number of amides is 1. The quantitative estimate of drug-likeness (QED) is 0.712. The summed E-state index contributed by atoms with van der Waals surface area (Å²) in [4.78, 5) is 25.2. The van der Waals surface area contributed by atoms with E-state index in [-0.39, 0.29) is 17.2 Å². The van der Waals surface area contributed by atoms with Crippen molar-refractivity contribution in [2.24, 2.45) is 11.0 Å². The molecule has 130 valence electrons. The lowest BCUT2D eigenvalue weighted by Crippen LogP contribution is -2.31. The zero-order valence-electron chi connectivity index (χ0n) is 14.0. The lowest BCUT2D eigenvalue weighted by Gasteiger charge is -2.23. The van der Waals surface area contributed by atoms with Crippen molar-refractivity contribution in [3.8, 4) is 5.75 Å². The van der Waals surface area contributed by atoms with Crippen LogP contribution in [0.1, 0.15) is 24.0 Å². The minimum absolute atomic E-state index is 0.0616. The first-order chi connectivity index (χ1) is 12.6. The summed E-state index contributed by atoms with van der Waals surface area (Å²) in [6.45, 7) is 1.72. The molecule has 0 aliphatic carbocycles. The second-order valence-electron chi connectivity index (χ2n) is 6.24. The van der Waals surface area contributed by atoms with E-state index in [9.17, 15) is 14.7 Å². The van der Waals surface area contributed by atoms with Crippen molar-refractivity contribution in [1.82, 2.24) is 5.43 Å². The summed E-state index contributed by atoms with van der Waals surface area (Å²) in [5.41, 5.74) is 3.42. The van der Waals surface area contributed by atoms with Crippen LogP contribution in [0.5, 0.6) is 5.75 Å². The van der Waals surface area contributed by atoms with E-state index in [0.29, 0.717) is 16.7 Å². The van der Waals surface area contributed by atoms with Crippen molar-refractivity contribution < 1.29 is 14.3 Å². The molecular weight excluding hydrogens is 332 g/mol. The number of hydrazone groups is 1. The summed E-state index contributed by atoms with van der Waals surface area (Å²) in [5, 5.41) is 15.3. The Kier molecular flexibility index (Phi) is 3.80. The Bertz CT molecular complexity index is 1090. The van der Waals surface area contributed by atoms with E-state index in [1.807, 2.05) is 30.3 Å². The number of benzene rings is 2. The Morgan fingerprint density at radius 3 is 2.46 bits per heavy atom. The lowest BCUT2D eigenvalue weighted by molar-refractivity contribution is -0.122. The summed E-state index contributed by atoms with van der Waals surface area (Å²) in [7, 11) is 0. The van der Waals surface area contributed by atoms with Gasteiger partial charge in [0.2, 0.25) is 5.91 Å². The highest BCUT2D eigenvalue weighted by molar-refractivity contribution is 6.08. The molecule has 0 bridgehead atoms. The number of hydrogen-bond acceptors (Lipinski definition) is 5. The van der Waals surface area contributed by atoms with Gasteiger partial charge in [0.25, 0.3) is 0 Å². The smallest absolute Gasteiger partial charge is 0.343 e. The molecule has 2 heterocycles. The van der Waals surface area contributed by atoms with Crippen molar-refractivity contribution in [2.75, 3.05) is 0 Å². The van der Waals surface area contributed by atoms with Crippen LogP contribution in [0.15, 0.2) is 68.9 Å². The second kappa shape index (κ2) is 6.15. The second-order valence-corrected chi connectivity index (χ2v) is 6.24. The standard InChI is InChI=1S/C20H16N2O4/c1-11-15(19(24)22-21-11)16(12-7-3-2-4-8-12)17-18(23)13-9-5-6-10-14(13)26-20(17)25/h2-10,15-16,23H,1H3,(H,22,24). The van der Waals surface area contributed by atoms with Crippen molar-refractivity contribution in [3.63, 3.8) is 0 Å². The lowest BCUT2D eigenvalue weighted by atomic mass is 9.78. The van der Waals surface area contributed by atoms with Gasteiger partial charge >= 0.3 is 5.63 Å². The summed E-state index contributed by atoms with van der Waals surface area (Å²) >= 11 is 0. The van der Waals surface area contributed by atoms with Crippen LogP contribution in [-0.2, 0) is 4.79 Å². The van der Waals surface area contributed by atoms with Crippen LogP contribution in [0.2, 0.25) is 0 Å². The first-order valence-electron chi connectivity index (χ1n) is 8.21. The van der Waals surface area contributed by atoms with Crippen molar-refractivity contribution in [3.05, 3.63) is 76.1 Å². The minimum atomic E-state index is -0.705. The van der Waals surface area contributed by atoms with E-state index in [0.717, 1.165) is 5.56 Å². The van der Waals surface area contributed by atoms with Crippen LogP contribution >= 0.6 is 0 Å². The molecule has 0 saturated heterocycles. The summed E-state index contributed by atoms with van der Waals surface area (Å²) in [6, 6.07) is 15.9. The third-order valence-electron chi connectivity index (χ3n) is 4.70. The fraction of sp³-hybridized carbons (Fsp3) is 0.150. The van der Waals surface area contributed by atoms with E-state index in [1.165, 1.54) is 0 Å². The normalized spacial score (nSPS) is 17.8. The molecule has 4 rings (SSSR count). The van der Waals surface area contributed by atoms with Gasteiger partial charge in [0.05, 0.1) is 16.9 Å².